The number of ketones is 1. The maximum Gasteiger partial charge on any atom is 0.166 e. The molecule has 0 amide bonds. The minimum atomic E-state index is -0.565. The van der Waals surface area contributed by atoms with Crippen molar-refractivity contribution in [3.05, 3.63) is 34.6 Å². The zero-order chi connectivity index (χ0) is 12.1. The summed E-state index contributed by atoms with van der Waals surface area (Å²) in [6, 6.07) is 4.09. The van der Waals surface area contributed by atoms with Gasteiger partial charge in [0, 0.05) is 11.4 Å². The molecule has 0 fully saturated rings. The summed E-state index contributed by atoms with van der Waals surface area (Å²) in [5, 5.41) is 0.292. The molecule has 0 saturated carbocycles. The first-order valence-electron chi connectivity index (χ1n) is 5.26. The topological polar surface area (TPSA) is 43.1 Å². The van der Waals surface area contributed by atoms with Gasteiger partial charge in [-0.2, -0.15) is 0 Å². The lowest BCUT2D eigenvalue weighted by Gasteiger charge is -2.11. The first kappa shape index (κ1) is 13.1. The minimum Gasteiger partial charge on any atom is -0.330 e. The highest BCUT2D eigenvalue weighted by Crippen LogP contribution is 2.18. The normalized spacial score (nSPS) is 12.5. The molecule has 1 atom stereocenters. The Morgan fingerprint density at radius 2 is 2.25 bits per heavy atom. The smallest absolute Gasteiger partial charge is 0.166 e. The van der Waals surface area contributed by atoms with Gasteiger partial charge in [0.25, 0.3) is 0 Å². The van der Waals surface area contributed by atoms with Gasteiger partial charge in [0.1, 0.15) is 5.82 Å². The predicted molar refractivity (Wildman–Crippen MR) is 63.2 cm³/mol. The number of carbonyl (C=O) groups is 1. The Morgan fingerprint density at radius 1 is 1.56 bits per heavy atom. The average Bonchev–Trinajstić information content (AvgIpc) is 2.25. The van der Waals surface area contributed by atoms with Crippen molar-refractivity contribution in [1.82, 2.24) is 0 Å². The van der Waals surface area contributed by atoms with Crippen LogP contribution in [0, 0.1) is 11.7 Å². The number of halogens is 2. The van der Waals surface area contributed by atoms with Gasteiger partial charge in [-0.3, -0.25) is 4.79 Å². The third-order valence-electron chi connectivity index (χ3n) is 2.62. The Morgan fingerprint density at radius 3 is 2.75 bits per heavy atom. The van der Waals surface area contributed by atoms with Crippen LogP contribution in [-0.2, 0) is 0 Å². The van der Waals surface area contributed by atoms with E-state index >= 15 is 0 Å². The predicted octanol–water partition coefficient (Wildman–Crippen LogP) is 3.04. The largest absolute Gasteiger partial charge is 0.330 e. The van der Waals surface area contributed by atoms with Crippen LogP contribution in [-0.4, -0.2) is 12.3 Å². The van der Waals surface area contributed by atoms with Crippen LogP contribution in [0.1, 0.15) is 30.1 Å². The molecule has 2 N–H and O–H groups in total. The highest BCUT2D eigenvalue weighted by atomic mass is 35.5. The molecule has 1 rings (SSSR count). The van der Waals surface area contributed by atoms with Crippen molar-refractivity contribution in [3.8, 4) is 0 Å². The van der Waals surface area contributed by atoms with E-state index in [-0.39, 0.29) is 23.7 Å². The van der Waals surface area contributed by atoms with E-state index in [0.29, 0.717) is 11.6 Å². The molecule has 0 spiro atoms. The van der Waals surface area contributed by atoms with Crippen LogP contribution in [0.15, 0.2) is 18.2 Å². The summed E-state index contributed by atoms with van der Waals surface area (Å²) >= 11 is 5.61. The highest BCUT2D eigenvalue weighted by Gasteiger charge is 2.16. The van der Waals surface area contributed by atoms with Gasteiger partial charge >= 0.3 is 0 Å². The zero-order valence-electron chi connectivity index (χ0n) is 9.17. The minimum absolute atomic E-state index is 0.0938. The highest BCUT2D eigenvalue weighted by molar-refractivity contribution is 6.30. The van der Waals surface area contributed by atoms with Gasteiger partial charge in [0.15, 0.2) is 5.78 Å². The lowest BCUT2D eigenvalue weighted by Crippen LogP contribution is -2.18. The summed E-state index contributed by atoms with van der Waals surface area (Å²) in [5.41, 5.74) is 5.60. The quantitative estimate of drug-likeness (QED) is 0.808. The van der Waals surface area contributed by atoms with Crippen molar-refractivity contribution in [3.63, 3.8) is 0 Å². The fraction of sp³-hybridized carbons (Fsp3) is 0.417. The Balaban J connectivity index is 2.80. The summed E-state index contributed by atoms with van der Waals surface area (Å²) in [6.45, 7) is 2.40. The van der Waals surface area contributed by atoms with Crippen LogP contribution in [0.25, 0.3) is 0 Å². The van der Waals surface area contributed by atoms with E-state index in [1.54, 1.807) is 0 Å². The molecule has 0 aliphatic rings. The van der Waals surface area contributed by atoms with Crippen LogP contribution in [0.2, 0.25) is 5.02 Å². The van der Waals surface area contributed by atoms with Crippen molar-refractivity contribution < 1.29 is 9.18 Å². The fourth-order valence-electron chi connectivity index (χ4n) is 1.48. The summed E-state index contributed by atoms with van der Waals surface area (Å²) in [5.74, 6) is -0.668. The molecule has 0 saturated heterocycles. The van der Waals surface area contributed by atoms with Gasteiger partial charge < -0.3 is 5.73 Å². The van der Waals surface area contributed by atoms with Gasteiger partial charge in [-0.15, -0.1) is 0 Å². The van der Waals surface area contributed by atoms with Gasteiger partial charge in [-0.05, 0) is 30.7 Å². The van der Waals surface area contributed by atoms with E-state index in [1.165, 1.54) is 12.1 Å². The number of benzene rings is 1. The standard InChI is InChI=1S/C12H15ClFNO/c1-2-8(7-15)5-12(16)10-4-3-9(13)6-11(10)14/h3-4,6,8H,2,5,7,15H2,1H3. The van der Waals surface area contributed by atoms with Gasteiger partial charge in [0.05, 0.1) is 5.56 Å². The molecular weight excluding hydrogens is 229 g/mol. The lowest BCUT2D eigenvalue weighted by molar-refractivity contribution is 0.0957. The summed E-state index contributed by atoms with van der Waals surface area (Å²) in [4.78, 5) is 11.8. The monoisotopic (exact) mass is 243 g/mol. The second-order valence-electron chi connectivity index (χ2n) is 3.76. The Hall–Kier alpha value is -0.930. The van der Waals surface area contributed by atoms with E-state index in [0.717, 1.165) is 12.5 Å². The lowest BCUT2D eigenvalue weighted by atomic mass is 9.96. The number of nitrogens with two attached hydrogens (primary N) is 1. The number of carbonyl (C=O) groups excluding carboxylic acids is 1. The Kier molecular flexibility index (Phi) is 4.90. The molecule has 0 heterocycles. The molecule has 0 radical (unpaired) electrons. The van der Waals surface area contributed by atoms with Crippen LogP contribution < -0.4 is 5.73 Å². The van der Waals surface area contributed by atoms with Crippen LogP contribution in [0.3, 0.4) is 0 Å². The molecule has 0 aliphatic heterocycles. The molecule has 1 aromatic rings. The van der Waals surface area contributed by atoms with E-state index < -0.39 is 5.82 Å². The van der Waals surface area contributed by atoms with E-state index in [9.17, 15) is 9.18 Å². The number of rotatable bonds is 5. The molecule has 2 nitrogen and oxygen atoms in total. The molecule has 1 aromatic carbocycles. The van der Waals surface area contributed by atoms with Gasteiger partial charge in [0.2, 0.25) is 0 Å². The first-order chi connectivity index (χ1) is 7.58. The Labute approximate surface area is 99.6 Å². The van der Waals surface area contributed by atoms with Crippen molar-refractivity contribution in [2.75, 3.05) is 6.54 Å². The van der Waals surface area contributed by atoms with Crippen molar-refractivity contribution in [1.29, 1.82) is 0 Å². The molecule has 1 unspecified atom stereocenters. The number of Topliss-reactive ketones (excluding diaryl/α,β-unsaturated/α-hetero) is 1. The third kappa shape index (κ3) is 3.29. The maximum atomic E-state index is 13.4. The summed E-state index contributed by atoms with van der Waals surface area (Å²) < 4.78 is 13.4. The number of hydrogen-bond acceptors (Lipinski definition) is 2. The van der Waals surface area contributed by atoms with Crippen molar-refractivity contribution in [2.24, 2.45) is 11.7 Å². The van der Waals surface area contributed by atoms with Crippen molar-refractivity contribution >= 4 is 17.4 Å². The van der Waals surface area contributed by atoms with Gasteiger partial charge in [-0.25, -0.2) is 4.39 Å². The number of hydrogen-bond donors (Lipinski definition) is 1. The molecule has 0 bridgehead atoms. The van der Waals surface area contributed by atoms with E-state index in [1.807, 2.05) is 6.92 Å². The van der Waals surface area contributed by atoms with Crippen LogP contribution in [0.5, 0.6) is 0 Å². The van der Waals surface area contributed by atoms with Crippen molar-refractivity contribution in [2.45, 2.75) is 19.8 Å². The molecule has 4 heteroatoms. The van der Waals surface area contributed by atoms with Crippen LogP contribution in [0.4, 0.5) is 4.39 Å². The first-order valence-corrected chi connectivity index (χ1v) is 5.64. The average molecular weight is 244 g/mol. The second kappa shape index (κ2) is 5.97. The van der Waals surface area contributed by atoms with Gasteiger partial charge in [-0.1, -0.05) is 24.9 Å². The molecule has 16 heavy (non-hydrogen) atoms. The zero-order valence-corrected chi connectivity index (χ0v) is 9.93. The van der Waals surface area contributed by atoms with Crippen LogP contribution >= 0.6 is 11.6 Å². The molecule has 88 valence electrons. The van der Waals surface area contributed by atoms with E-state index in [4.69, 9.17) is 17.3 Å². The molecule has 0 aromatic heterocycles. The fourth-order valence-corrected chi connectivity index (χ4v) is 1.64. The summed E-state index contributed by atoms with van der Waals surface area (Å²) in [6.07, 6.45) is 1.10. The Bertz CT molecular complexity index is 377. The van der Waals surface area contributed by atoms with E-state index in [2.05, 4.69) is 0 Å². The molecule has 0 aliphatic carbocycles. The second-order valence-corrected chi connectivity index (χ2v) is 4.20. The maximum absolute atomic E-state index is 13.4. The summed E-state index contributed by atoms with van der Waals surface area (Å²) in [7, 11) is 0. The molecular formula is C12H15ClFNO. The SMILES string of the molecule is CCC(CN)CC(=O)c1ccc(Cl)cc1F. The third-order valence-corrected chi connectivity index (χ3v) is 2.85.